The number of hydrogen-bond acceptors (Lipinski definition) is 3. The van der Waals surface area contributed by atoms with E-state index in [-0.39, 0.29) is 18.7 Å². The standard InChI is InChI=1S/C26H31N3O4/c1-17(2)14-22-20(19-10-6-7-11-21(19)28-22)15-23(29-24(30)12-13-25(31)32)26(33)27-16-18-8-4-3-5-9-18/h3-11,17,23,28H,12-16H2,1-2H3,(H,27,33)(H,29,30)(H,31,32)/t23-/m0/s1. The minimum absolute atomic E-state index is 0.176. The summed E-state index contributed by atoms with van der Waals surface area (Å²) in [6.07, 6.45) is 0.668. The fourth-order valence-electron chi connectivity index (χ4n) is 3.88. The zero-order chi connectivity index (χ0) is 23.8. The number of nitrogens with one attached hydrogen (secondary N) is 3. The zero-order valence-electron chi connectivity index (χ0n) is 19.1. The SMILES string of the molecule is CC(C)Cc1[nH]c2ccccc2c1C[C@H](NC(=O)CCC(=O)O)C(=O)NCc1ccccc1. The molecule has 1 heterocycles. The maximum absolute atomic E-state index is 13.1. The van der Waals surface area contributed by atoms with Crippen molar-refractivity contribution in [2.24, 2.45) is 5.92 Å². The third-order valence-corrected chi connectivity index (χ3v) is 5.45. The topological polar surface area (TPSA) is 111 Å². The van der Waals surface area contributed by atoms with Crippen LogP contribution in [-0.4, -0.2) is 33.9 Å². The normalized spacial score (nSPS) is 12.0. The van der Waals surface area contributed by atoms with Gasteiger partial charge in [0.05, 0.1) is 6.42 Å². The summed E-state index contributed by atoms with van der Waals surface area (Å²) in [5.41, 5.74) is 3.99. The molecule has 7 heteroatoms. The van der Waals surface area contributed by atoms with Crippen LogP contribution in [0.5, 0.6) is 0 Å². The Kier molecular flexibility index (Phi) is 8.24. The van der Waals surface area contributed by atoms with Crippen molar-refractivity contribution in [1.29, 1.82) is 0 Å². The number of carbonyl (C=O) groups excluding carboxylic acids is 2. The quantitative estimate of drug-likeness (QED) is 0.359. The Balaban J connectivity index is 1.84. The van der Waals surface area contributed by atoms with E-state index in [4.69, 9.17) is 5.11 Å². The van der Waals surface area contributed by atoms with Gasteiger partial charge in [0, 0.05) is 36.0 Å². The molecule has 3 aromatic rings. The highest BCUT2D eigenvalue weighted by Gasteiger charge is 2.25. The third-order valence-electron chi connectivity index (χ3n) is 5.45. The molecule has 4 N–H and O–H groups in total. The Morgan fingerprint density at radius 1 is 0.939 bits per heavy atom. The molecular formula is C26H31N3O4. The highest BCUT2D eigenvalue weighted by atomic mass is 16.4. The molecular weight excluding hydrogens is 418 g/mol. The van der Waals surface area contributed by atoms with Gasteiger partial charge in [0.15, 0.2) is 0 Å². The lowest BCUT2D eigenvalue weighted by molar-refractivity contribution is -0.139. The summed E-state index contributed by atoms with van der Waals surface area (Å²) in [7, 11) is 0. The van der Waals surface area contributed by atoms with Crippen LogP contribution in [0.2, 0.25) is 0 Å². The van der Waals surface area contributed by atoms with Crippen molar-refractivity contribution in [3.05, 3.63) is 71.4 Å². The number of carbonyl (C=O) groups is 3. The van der Waals surface area contributed by atoms with Crippen molar-refractivity contribution < 1.29 is 19.5 Å². The average molecular weight is 450 g/mol. The Morgan fingerprint density at radius 2 is 1.64 bits per heavy atom. The van der Waals surface area contributed by atoms with Crippen LogP contribution < -0.4 is 10.6 Å². The number of aliphatic carboxylic acids is 1. The van der Waals surface area contributed by atoms with Gasteiger partial charge in [-0.15, -0.1) is 0 Å². The van der Waals surface area contributed by atoms with E-state index in [0.29, 0.717) is 18.9 Å². The molecule has 2 aromatic carbocycles. The second kappa shape index (κ2) is 11.3. The first-order chi connectivity index (χ1) is 15.8. The molecule has 0 aliphatic rings. The van der Waals surface area contributed by atoms with Crippen LogP contribution in [0.15, 0.2) is 54.6 Å². The van der Waals surface area contributed by atoms with Crippen LogP contribution in [0.25, 0.3) is 10.9 Å². The second-order valence-corrected chi connectivity index (χ2v) is 8.65. The van der Waals surface area contributed by atoms with Gasteiger partial charge in [0.1, 0.15) is 6.04 Å². The van der Waals surface area contributed by atoms with E-state index >= 15 is 0 Å². The predicted molar refractivity (Wildman–Crippen MR) is 128 cm³/mol. The van der Waals surface area contributed by atoms with Gasteiger partial charge in [-0.3, -0.25) is 14.4 Å². The van der Waals surface area contributed by atoms with Gasteiger partial charge in [0.25, 0.3) is 0 Å². The van der Waals surface area contributed by atoms with Crippen LogP contribution in [-0.2, 0) is 33.8 Å². The monoisotopic (exact) mass is 449 g/mol. The molecule has 0 bridgehead atoms. The summed E-state index contributed by atoms with van der Waals surface area (Å²) in [5, 5.41) is 15.6. The smallest absolute Gasteiger partial charge is 0.303 e. The van der Waals surface area contributed by atoms with E-state index in [0.717, 1.165) is 34.1 Å². The number of aromatic amines is 1. The minimum Gasteiger partial charge on any atom is -0.481 e. The molecule has 1 aromatic heterocycles. The van der Waals surface area contributed by atoms with Crippen molar-refractivity contribution in [3.8, 4) is 0 Å². The molecule has 0 saturated carbocycles. The molecule has 1 atom stereocenters. The van der Waals surface area contributed by atoms with Crippen molar-refractivity contribution in [1.82, 2.24) is 15.6 Å². The number of carboxylic acid groups (broad SMARTS) is 1. The molecule has 7 nitrogen and oxygen atoms in total. The summed E-state index contributed by atoms with van der Waals surface area (Å²) >= 11 is 0. The van der Waals surface area contributed by atoms with Gasteiger partial charge in [-0.2, -0.15) is 0 Å². The van der Waals surface area contributed by atoms with E-state index in [9.17, 15) is 14.4 Å². The number of benzene rings is 2. The maximum atomic E-state index is 13.1. The van der Waals surface area contributed by atoms with Crippen molar-refractivity contribution >= 4 is 28.7 Å². The first-order valence-electron chi connectivity index (χ1n) is 11.2. The summed E-state index contributed by atoms with van der Waals surface area (Å²) < 4.78 is 0. The van der Waals surface area contributed by atoms with E-state index in [1.807, 2.05) is 54.6 Å². The van der Waals surface area contributed by atoms with Gasteiger partial charge in [-0.1, -0.05) is 62.4 Å². The summed E-state index contributed by atoms with van der Waals surface area (Å²) in [5.74, 6) is -1.40. The van der Waals surface area contributed by atoms with Gasteiger partial charge in [-0.05, 0) is 29.5 Å². The number of amides is 2. The molecule has 2 amide bonds. The predicted octanol–water partition coefficient (Wildman–Crippen LogP) is 3.57. The van der Waals surface area contributed by atoms with Crippen LogP contribution >= 0.6 is 0 Å². The lowest BCUT2D eigenvalue weighted by Gasteiger charge is -2.20. The zero-order valence-corrected chi connectivity index (χ0v) is 19.1. The first kappa shape index (κ1) is 24.0. The number of aromatic nitrogens is 1. The largest absolute Gasteiger partial charge is 0.481 e. The van der Waals surface area contributed by atoms with Crippen LogP contribution in [0.3, 0.4) is 0 Å². The summed E-state index contributed by atoms with van der Waals surface area (Å²) in [6.45, 7) is 4.61. The van der Waals surface area contributed by atoms with Crippen molar-refractivity contribution in [2.45, 2.75) is 52.1 Å². The number of hydrogen-bond donors (Lipinski definition) is 4. The Bertz CT molecular complexity index is 1110. The number of H-pyrrole nitrogens is 1. The van der Waals surface area contributed by atoms with Gasteiger partial charge < -0.3 is 20.7 Å². The lowest BCUT2D eigenvalue weighted by atomic mass is 9.97. The average Bonchev–Trinajstić information content (AvgIpc) is 3.12. The summed E-state index contributed by atoms with van der Waals surface area (Å²) in [6, 6.07) is 16.6. The Morgan fingerprint density at radius 3 is 2.33 bits per heavy atom. The number of fused-ring (bicyclic) bond motifs is 1. The fraction of sp³-hybridized carbons (Fsp3) is 0.346. The van der Waals surface area contributed by atoms with Crippen LogP contribution in [0, 0.1) is 5.92 Å². The second-order valence-electron chi connectivity index (χ2n) is 8.65. The lowest BCUT2D eigenvalue weighted by Crippen LogP contribution is -2.48. The van der Waals surface area contributed by atoms with Crippen molar-refractivity contribution in [2.75, 3.05) is 0 Å². The van der Waals surface area contributed by atoms with E-state index < -0.39 is 17.9 Å². The Labute approximate surface area is 193 Å². The molecule has 0 spiro atoms. The van der Waals surface area contributed by atoms with Crippen molar-refractivity contribution in [3.63, 3.8) is 0 Å². The number of rotatable bonds is 11. The highest BCUT2D eigenvalue weighted by Crippen LogP contribution is 2.26. The number of carboxylic acids is 1. The molecule has 0 unspecified atom stereocenters. The fourth-order valence-corrected chi connectivity index (χ4v) is 3.88. The van der Waals surface area contributed by atoms with E-state index in [1.165, 1.54) is 0 Å². The van der Waals surface area contributed by atoms with Gasteiger partial charge in [0.2, 0.25) is 11.8 Å². The minimum atomic E-state index is -1.05. The third kappa shape index (κ3) is 6.94. The van der Waals surface area contributed by atoms with E-state index in [1.54, 1.807) is 0 Å². The molecule has 33 heavy (non-hydrogen) atoms. The molecule has 0 saturated heterocycles. The maximum Gasteiger partial charge on any atom is 0.303 e. The molecule has 0 radical (unpaired) electrons. The highest BCUT2D eigenvalue weighted by molar-refractivity contribution is 5.90. The van der Waals surface area contributed by atoms with Gasteiger partial charge in [-0.25, -0.2) is 0 Å². The van der Waals surface area contributed by atoms with E-state index in [2.05, 4.69) is 29.5 Å². The molecule has 3 rings (SSSR count). The van der Waals surface area contributed by atoms with Crippen LogP contribution in [0.1, 0.15) is 43.5 Å². The molecule has 174 valence electrons. The first-order valence-corrected chi connectivity index (χ1v) is 11.2. The summed E-state index contributed by atoms with van der Waals surface area (Å²) in [4.78, 5) is 39.9. The Hall–Kier alpha value is -3.61. The molecule has 0 fully saturated rings. The van der Waals surface area contributed by atoms with Gasteiger partial charge >= 0.3 is 5.97 Å². The molecule has 0 aliphatic heterocycles. The molecule has 0 aliphatic carbocycles. The van der Waals surface area contributed by atoms with Crippen LogP contribution in [0.4, 0.5) is 0 Å². The number of para-hydroxylation sites is 1.